The van der Waals surface area contributed by atoms with Gasteiger partial charge in [-0.25, -0.2) is 4.98 Å². The second kappa shape index (κ2) is 8.27. The van der Waals surface area contributed by atoms with E-state index in [9.17, 15) is 0 Å². The Kier molecular flexibility index (Phi) is 5.83. The summed E-state index contributed by atoms with van der Waals surface area (Å²) >= 11 is 0. The van der Waals surface area contributed by atoms with Crippen molar-refractivity contribution in [2.45, 2.75) is 19.4 Å². The van der Waals surface area contributed by atoms with Crippen LogP contribution >= 0.6 is 0 Å². The number of aromatic nitrogens is 1. The second-order valence-electron chi connectivity index (χ2n) is 6.76. The number of rotatable bonds is 6. The first-order valence-electron chi connectivity index (χ1n) is 8.86. The summed E-state index contributed by atoms with van der Waals surface area (Å²) in [4.78, 5) is 9.38. The van der Waals surface area contributed by atoms with Gasteiger partial charge in [-0.15, -0.1) is 0 Å². The van der Waals surface area contributed by atoms with Gasteiger partial charge in [0, 0.05) is 45.5 Å². The van der Waals surface area contributed by atoms with E-state index in [-0.39, 0.29) is 0 Å². The van der Waals surface area contributed by atoms with E-state index in [1.54, 1.807) is 0 Å². The normalized spacial score (nSPS) is 17.0. The van der Waals surface area contributed by atoms with Gasteiger partial charge in [-0.1, -0.05) is 43.3 Å². The highest BCUT2D eigenvalue weighted by atomic mass is 15.3. The summed E-state index contributed by atoms with van der Waals surface area (Å²) in [6, 6.07) is 15.0. The molecule has 24 heavy (non-hydrogen) atoms. The van der Waals surface area contributed by atoms with Crippen LogP contribution in [0.1, 0.15) is 24.0 Å². The smallest absolute Gasteiger partial charge is 0.128 e. The molecular formula is C20H28N4. The van der Waals surface area contributed by atoms with Crippen molar-refractivity contribution < 1.29 is 0 Å². The monoisotopic (exact) mass is 324 g/mol. The van der Waals surface area contributed by atoms with Crippen molar-refractivity contribution in [2.24, 2.45) is 0 Å². The summed E-state index contributed by atoms with van der Waals surface area (Å²) in [5.41, 5.74) is 2.63. The maximum absolute atomic E-state index is 4.65. The Balaban J connectivity index is 1.46. The van der Waals surface area contributed by atoms with Gasteiger partial charge < -0.3 is 15.1 Å². The van der Waals surface area contributed by atoms with E-state index in [0.717, 1.165) is 45.1 Å². The van der Waals surface area contributed by atoms with Crippen molar-refractivity contribution in [3.8, 4) is 0 Å². The van der Waals surface area contributed by atoms with Gasteiger partial charge in [0.1, 0.15) is 5.82 Å². The lowest BCUT2D eigenvalue weighted by molar-refractivity contribution is 0.312. The summed E-state index contributed by atoms with van der Waals surface area (Å²) in [6.45, 7) is 8.46. The fourth-order valence-electron chi connectivity index (χ4n) is 3.08. The number of piperazine rings is 1. The van der Waals surface area contributed by atoms with E-state index in [2.05, 4.69) is 76.5 Å². The number of nitrogens with one attached hydrogen (secondary N) is 1. The molecule has 1 unspecified atom stereocenters. The lowest BCUT2D eigenvalue weighted by Crippen LogP contribution is -2.44. The van der Waals surface area contributed by atoms with Crippen LogP contribution in [-0.4, -0.2) is 49.7 Å². The molecule has 1 aliphatic heterocycles. The third kappa shape index (κ3) is 4.56. The number of pyridine rings is 1. The van der Waals surface area contributed by atoms with Gasteiger partial charge >= 0.3 is 0 Å². The van der Waals surface area contributed by atoms with Gasteiger partial charge in [-0.05, 0) is 30.2 Å². The highest BCUT2D eigenvalue weighted by molar-refractivity contribution is 5.39. The molecule has 1 aromatic heterocycles. The Morgan fingerprint density at radius 1 is 1.04 bits per heavy atom. The molecule has 0 saturated carbocycles. The lowest BCUT2D eigenvalue weighted by Gasteiger charge is -2.33. The zero-order valence-electron chi connectivity index (χ0n) is 14.8. The Bertz CT molecular complexity index is 603. The zero-order valence-corrected chi connectivity index (χ0v) is 14.8. The Morgan fingerprint density at radius 2 is 1.79 bits per heavy atom. The van der Waals surface area contributed by atoms with E-state index in [1.165, 1.54) is 11.1 Å². The first-order chi connectivity index (χ1) is 11.7. The van der Waals surface area contributed by atoms with Gasteiger partial charge in [0.2, 0.25) is 0 Å². The van der Waals surface area contributed by atoms with Crippen molar-refractivity contribution in [1.29, 1.82) is 0 Å². The minimum atomic E-state index is 0.517. The highest BCUT2D eigenvalue weighted by Crippen LogP contribution is 2.15. The number of likely N-dealkylation sites (N-methyl/N-ethyl adjacent to an activating group) is 1. The molecule has 1 atom stereocenters. The molecule has 0 amide bonds. The molecule has 4 nitrogen and oxygen atoms in total. The fraction of sp³-hybridized carbons (Fsp3) is 0.450. The molecule has 2 aromatic rings. The number of hydrogen-bond donors (Lipinski definition) is 1. The summed E-state index contributed by atoms with van der Waals surface area (Å²) in [5.74, 6) is 1.62. The SMILES string of the molecule is CC(CNCc1ccc(N2CCN(C)CC2)nc1)c1ccccc1. The standard InChI is InChI=1S/C20H28N4/c1-17(19-6-4-3-5-7-19)14-21-15-18-8-9-20(22-16-18)24-12-10-23(2)11-13-24/h3-9,16-17,21H,10-15H2,1-2H3. The van der Waals surface area contributed by atoms with Crippen LogP contribution in [0, 0.1) is 0 Å². The molecule has 4 heteroatoms. The first kappa shape index (κ1) is 16.9. The molecule has 2 heterocycles. The topological polar surface area (TPSA) is 31.4 Å². The molecule has 1 fully saturated rings. The number of nitrogens with zero attached hydrogens (tertiary/aromatic N) is 3. The summed E-state index contributed by atoms with van der Waals surface area (Å²) in [7, 11) is 2.18. The quantitative estimate of drug-likeness (QED) is 0.885. The van der Waals surface area contributed by atoms with Crippen molar-refractivity contribution in [1.82, 2.24) is 15.2 Å². The summed E-state index contributed by atoms with van der Waals surface area (Å²) < 4.78 is 0. The highest BCUT2D eigenvalue weighted by Gasteiger charge is 2.14. The van der Waals surface area contributed by atoms with Crippen molar-refractivity contribution in [3.63, 3.8) is 0 Å². The van der Waals surface area contributed by atoms with E-state index in [1.807, 2.05) is 6.20 Å². The molecule has 1 aromatic carbocycles. The lowest BCUT2D eigenvalue weighted by atomic mass is 10.0. The number of anilines is 1. The minimum absolute atomic E-state index is 0.517. The predicted molar refractivity (Wildman–Crippen MR) is 101 cm³/mol. The minimum Gasteiger partial charge on any atom is -0.354 e. The molecule has 1 N–H and O–H groups in total. The second-order valence-corrected chi connectivity index (χ2v) is 6.76. The average Bonchev–Trinajstić information content (AvgIpc) is 2.64. The van der Waals surface area contributed by atoms with Crippen LogP contribution in [0.4, 0.5) is 5.82 Å². The number of hydrogen-bond acceptors (Lipinski definition) is 4. The van der Waals surface area contributed by atoms with Crippen LogP contribution in [-0.2, 0) is 6.54 Å². The maximum atomic E-state index is 4.65. The Hall–Kier alpha value is -1.91. The van der Waals surface area contributed by atoms with Gasteiger partial charge in [0.05, 0.1) is 0 Å². The molecule has 1 aliphatic rings. The molecule has 0 radical (unpaired) electrons. The summed E-state index contributed by atoms with van der Waals surface area (Å²) in [5, 5.41) is 3.54. The van der Waals surface area contributed by atoms with Gasteiger partial charge in [0.15, 0.2) is 0 Å². The Labute approximate surface area is 145 Å². The van der Waals surface area contributed by atoms with Crippen LogP contribution in [0.15, 0.2) is 48.7 Å². The van der Waals surface area contributed by atoms with Crippen LogP contribution in [0.25, 0.3) is 0 Å². The molecule has 0 bridgehead atoms. The zero-order chi connectivity index (χ0) is 16.8. The first-order valence-corrected chi connectivity index (χ1v) is 8.86. The van der Waals surface area contributed by atoms with Gasteiger partial charge in [-0.3, -0.25) is 0 Å². The van der Waals surface area contributed by atoms with E-state index in [4.69, 9.17) is 0 Å². The largest absolute Gasteiger partial charge is 0.354 e. The van der Waals surface area contributed by atoms with Gasteiger partial charge in [-0.2, -0.15) is 0 Å². The van der Waals surface area contributed by atoms with Crippen LogP contribution in [0.5, 0.6) is 0 Å². The van der Waals surface area contributed by atoms with Crippen molar-refractivity contribution in [2.75, 3.05) is 44.7 Å². The molecular weight excluding hydrogens is 296 g/mol. The van der Waals surface area contributed by atoms with Crippen molar-refractivity contribution >= 4 is 5.82 Å². The van der Waals surface area contributed by atoms with E-state index < -0.39 is 0 Å². The predicted octanol–water partition coefficient (Wildman–Crippen LogP) is 2.73. The van der Waals surface area contributed by atoms with Crippen LogP contribution < -0.4 is 10.2 Å². The molecule has 128 valence electrons. The number of benzene rings is 1. The summed E-state index contributed by atoms with van der Waals surface area (Å²) in [6.07, 6.45) is 2.01. The van der Waals surface area contributed by atoms with Gasteiger partial charge in [0.25, 0.3) is 0 Å². The molecule has 3 rings (SSSR count). The van der Waals surface area contributed by atoms with Crippen LogP contribution in [0.3, 0.4) is 0 Å². The van der Waals surface area contributed by atoms with E-state index >= 15 is 0 Å². The molecule has 0 aliphatic carbocycles. The van der Waals surface area contributed by atoms with E-state index in [0.29, 0.717) is 5.92 Å². The molecule has 1 saturated heterocycles. The maximum Gasteiger partial charge on any atom is 0.128 e. The third-order valence-electron chi connectivity index (χ3n) is 4.78. The Morgan fingerprint density at radius 3 is 2.46 bits per heavy atom. The fourth-order valence-corrected chi connectivity index (χ4v) is 3.08. The molecule has 0 spiro atoms. The van der Waals surface area contributed by atoms with Crippen LogP contribution in [0.2, 0.25) is 0 Å². The average molecular weight is 324 g/mol. The third-order valence-corrected chi connectivity index (χ3v) is 4.78. The van der Waals surface area contributed by atoms with Crippen molar-refractivity contribution in [3.05, 3.63) is 59.8 Å².